The van der Waals surface area contributed by atoms with E-state index in [0.717, 1.165) is 6.07 Å². The second-order valence-electron chi connectivity index (χ2n) is 2.62. The van der Waals surface area contributed by atoms with Crippen molar-refractivity contribution in [2.75, 3.05) is 0 Å². The van der Waals surface area contributed by atoms with Crippen molar-refractivity contribution in [2.24, 2.45) is 5.73 Å². The van der Waals surface area contributed by atoms with Crippen LogP contribution >= 0.6 is 11.6 Å². The lowest BCUT2D eigenvalue weighted by atomic mass is 10.1. The SMILES string of the molecule is NCc1c(Cl)cc(C(F)F)nc1CO. The van der Waals surface area contributed by atoms with Gasteiger partial charge in [-0.1, -0.05) is 11.6 Å². The smallest absolute Gasteiger partial charge is 0.280 e. The third-order valence-corrected chi connectivity index (χ3v) is 2.09. The fraction of sp³-hybridized carbons (Fsp3) is 0.375. The molecule has 0 saturated carbocycles. The molecule has 0 atom stereocenters. The first kappa shape index (κ1) is 11.3. The van der Waals surface area contributed by atoms with Crippen molar-refractivity contribution in [3.8, 4) is 0 Å². The maximum Gasteiger partial charge on any atom is 0.280 e. The molecule has 0 aliphatic heterocycles. The highest BCUT2D eigenvalue weighted by Gasteiger charge is 2.15. The molecule has 78 valence electrons. The number of aliphatic hydroxyl groups excluding tert-OH is 1. The number of aromatic nitrogens is 1. The Balaban J connectivity index is 3.24. The van der Waals surface area contributed by atoms with Crippen LogP contribution < -0.4 is 5.73 Å². The van der Waals surface area contributed by atoms with Gasteiger partial charge in [-0.2, -0.15) is 0 Å². The lowest BCUT2D eigenvalue weighted by Crippen LogP contribution is -2.07. The summed E-state index contributed by atoms with van der Waals surface area (Å²) < 4.78 is 24.5. The minimum atomic E-state index is -2.70. The van der Waals surface area contributed by atoms with Gasteiger partial charge in [0.1, 0.15) is 5.69 Å². The van der Waals surface area contributed by atoms with Gasteiger partial charge in [0.2, 0.25) is 0 Å². The number of hydrogen-bond donors (Lipinski definition) is 2. The molecule has 0 spiro atoms. The lowest BCUT2D eigenvalue weighted by Gasteiger charge is -2.09. The molecular formula is C8H9ClF2N2O. The summed E-state index contributed by atoms with van der Waals surface area (Å²) in [5.74, 6) is 0. The van der Waals surface area contributed by atoms with Crippen molar-refractivity contribution in [3.63, 3.8) is 0 Å². The van der Waals surface area contributed by atoms with Gasteiger partial charge in [-0.15, -0.1) is 0 Å². The zero-order valence-electron chi connectivity index (χ0n) is 7.17. The van der Waals surface area contributed by atoms with Gasteiger partial charge in [-0.05, 0) is 6.07 Å². The van der Waals surface area contributed by atoms with Crippen LogP contribution in [0.2, 0.25) is 5.02 Å². The minimum Gasteiger partial charge on any atom is -0.390 e. The largest absolute Gasteiger partial charge is 0.390 e. The van der Waals surface area contributed by atoms with E-state index in [-0.39, 0.29) is 17.3 Å². The van der Waals surface area contributed by atoms with Gasteiger partial charge in [0.05, 0.1) is 12.3 Å². The number of pyridine rings is 1. The third kappa shape index (κ3) is 2.17. The molecular weight excluding hydrogens is 214 g/mol. The summed E-state index contributed by atoms with van der Waals surface area (Å²) in [6.07, 6.45) is -2.70. The maximum absolute atomic E-state index is 12.3. The van der Waals surface area contributed by atoms with Crippen molar-refractivity contribution in [1.29, 1.82) is 0 Å². The van der Waals surface area contributed by atoms with Crippen LogP contribution in [-0.4, -0.2) is 10.1 Å². The van der Waals surface area contributed by atoms with Gasteiger partial charge < -0.3 is 10.8 Å². The first-order chi connectivity index (χ1) is 6.60. The van der Waals surface area contributed by atoms with Crippen LogP contribution in [-0.2, 0) is 13.2 Å². The Labute approximate surface area is 84.5 Å². The second kappa shape index (κ2) is 4.63. The Morgan fingerprint density at radius 1 is 1.57 bits per heavy atom. The minimum absolute atomic E-state index is 0.0608. The Bertz CT molecular complexity index is 333. The predicted octanol–water partition coefficient (Wildman–Crippen LogP) is 1.62. The van der Waals surface area contributed by atoms with Crippen LogP contribution in [0, 0.1) is 0 Å². The molecule has 0 radical (unpaired) electrons. The molecule has 0 unspecified atom stereocenters. The Morgan fingerprint density at radius 2 is 2.21 bits per heavy atom. The van der Waals surface area contributed by atoms with Gasteiger partial charge in [0.25, 0.3) is 6.43 Å². The Kier molecular flexibility index (Phi) is 3.74. The van der Waals surface area contributed by atoms with E-state index in [2.05, 4.69) is 4.98 Å². The van der Waals surface area contributed by atoms with Crippen LogP contribution in [0.3, 0.4) is 0 Å². The number of nitrogens with two attached hydrogens (primary N) is 1. The van der Waals surface area contributed by atoms with Gasteiger partial charge >= 0.3 is 0 Å². The van der Waals surface area contributed by atoms with Crippen molar-refractivity contribution in [1.82, 2.24) is 4.98 Å². The molecule has 0 aromatic carbocycles. The molecule has 6 heteroatoms. The topological polar surface area (TPSA) is 59.1 Å². The van der Waals surface area contributed by atoms with Crippen molar-refractivity contribution in [2.45, 2.75) is 19.6 Å². The number of hydrogen-bond acceptors (Lipinski definition) is 3. The summed E-state index contributed by atoms with van der Waals surface area (Å²) in [6.45, 7) is -0.391. The quantitative estimate of drug-likeness (QED) is 0.817. The summed E-state index contributed by atoms with van der Waals surface area (Å²) >= 11 is 5.69. The molecule has 1 rings (SSSR count). The molecule has 1 aromatic rings. The van der Waals surface area contributed by atoms with E-state index < -0.39 is 18.7 Å². The first-order valence-corrected chi connectivity index (χ1v) is 4.25. The molecule has 0 saturated heterocycles. The number of nitrogens with zero attached hydrogens (tertiary/aromatic N) is 1. The van der Waals surface area contributed by atoms with Crippen molar-refractivity contribution < 1.29 is 13.9 Å². The molecule has 3 nitrogen and oxygen atoms in total. The van der Waals surface area contributed by atoms with E-state index in [4.69, 9.17) is 22.4 Å². The van der Waals surface area contributed by atoms with Crippen LogP contribution in [0.15, 0.2) is 6.07 Å². The molecule has 0 aliphatic carbocycles. The van der Waals surface area contributed by atoms with Crippen molar-refractivity contribution in [3.05, 3.63) is 28.0 Å². The van der Waals surface area contributed by atoms with Gasteiger partial charge in [0, 0.05) is 17.1 Å². The van der Waals surface area contributed by atoms with E-state index in [1.807, 2.05) is 0 Å². The molecule has 1 heterocycles. The third-order valence-electron chi connectivity index (χ3n) is 1.75. The zero-order valence-corrected chi connectivity index (χ0v) is 7.93. The summed E-state index contributed by atoms with van der Waals surface area (Å²) in [5, 5.41) is 8.97. The van der Waals surface area contributed by atoms with E-state index in [1.165, 1.54) is 0 Å². The Morgan fingerprint density at radius 3 is 2.64 bits per heavy atom. The average Bonchev–Trinajstić information content (AvgIpc) is 2.16. The fourth-order valence-electron chi connectivity index (χ4n) is 1.07. The van der Waals surface area contributed by atoms with Crippen LogP contribution in [0.1, 0.15) is 23.4 Å². The molecule has 1 aromatic heterocycles. The van der Waals surface area contributed by atoms with E-state index >= 15 is 0 Å². The Hall–Kier alpha value is -0.780. The maximum atomic E-state index is 12.3. The monoisotopic (exact) mass is 222 g/mol. The standard InChI is InChI=1S/C8H9ClF2N2O/c9-5-1-6(8(10)11)13-7(3-14)4(5)2-12/h1,8,14H,2-3,12H2. The molecule has 14 heavy (non-hydrogen) atoms. The number of alkyl halides is 2. The summed E-state index contributed by atoms with van der Waals surface area (Å²) in [6, 6.07) is 1.06. The molecule has 0 amide bonds. The van der Waals surface area contributed by atoms with Crippen molar-refractivity contribution >= 4 is 11.6 Å². The van der Waals surface area contributed by atoms with E-state index in [9.17, 15) is 8.78 Å². The predicted molar refractivity (Wildman–Crippen MR) is 48.0 cm³/mol. The van der Waals surface area contributed by atoms with Crippen LogP contribution in [0.4, 0.5) is 8.78 Å². The number of rotatable bonds is 3. The average molecular weight is 223 g/mol. The zero-order chi connectivity index (χ0) is 10.7. The van der Waals surface area contributed by atoms with Gasteiger partial charge in [-0.25, -0.2) is 13.8 Å². The molecule has 0 fully saturated rings. The molecule has 0 bridgehead atoms. The highest BCUT2D eigenvalue weighted by molar-refractivity contribution is 6.31. The number of halogens is 3. The summed E-state index contributed by atoms with van der Waals surface area (Å²) in [5.41, 5.74) is 5.39. The van der Waals surface area contributed by atoms with Crippen LogP contribution in [0.5, 0.6) is 0 Å². The van der Waals surface area contributed by atoms with Gasteiger partial charge in [-0.3, -0.25) is 0 Å². The number of aliphatic hydroxyl groups is 1. The lowest BCUT2D eigenvalue weighted by molar-refractivity contribution is 0.145. The summed E-state index contributed by atoms with van der Waals surface area (Å²) in [7, 11) is 0. The van der Waals surface area contributed by atoms with E-state index in [0.29, 0.717) is 5.56 Å². The van der Waals surface area contributed by atoms with Gasteiger partial charge in [0.15, 0.2) is 0 Å². The van der Waals surface area contributed by atoms with Crippen LogP contribution in [0.25, 0.3) is 0 Å². The molecule has 3 N–H and O–H groups in total. The second-order valence-corrected chi connectivity index (χ2v) is 3.02. The summed E-state index contributed by atoms with van der Waals surface area (Å²) in [4.78, 5) is 3.56. The normalized spacial score (nSPS) is 11.0. The molecule has 0 aliphatic rings. The highest BCUT2D eigenvalue weighted by Crippen LogP contribution is 2.25. The van der Waals surface area contributed by atoms with E-state index in [1.54, 1.807) is 0 Å². The highest BCUT2D eigenvalue weighted by atomic mass is 35.5. The fourth-order valence-corrected chi connectivity index (χ4v) is 1.37. The first-order valence-electron chi connectivity index (χ1n) is 3.87.